The van der Waals surface area contributed by atoms with Gasteiger partial charge in [-0.2, -0.15) is 13.2 Å². The molecule has 1 saturated carbocycles. The van der Waals surface area contributed by atoms with Crippen LogP contribution in [0.1, 0.15) is 45.4 Å². The molecule has 1 N–H and O–H groups in total. The highest BCUT2D eigenvalue weighted by Crippen LogP contribution is 2.44. The fourth-order valence-electron chi connectivity index (χ4n) is 3.56. The Morgan fingerprint density at radius 1 is 1.30 bits per heavy atom. The molecule has 20 heavy (non-hydrogen) atoms. The van der Waals surface area contributed by atoms with Crippen LogP contribution in [0.3, 0.4) is 0 Å². The summed E-state index contributed by atoms with van der Waals surface area (Å²) in [6.07, 6.45) is 1.86. The van der Waals surface area contributed by atoms with Crippen LogP contribution < -0.4 is 5.32 Å². The molecule has 0 spiro atoms. The highest BCUT2D eigenvalue weighted by molar-refractivity contribution is 5.13. The zero-order chi connectivity index (χ0) is 14.6. The fourth-order valence-corrected chi connectivity index (χ4v) is 3.56. The second-order valence-electron chi connectivity index (χ2n) is 5.80. The lowest BCUT2D eigenvalue weighted by atomic mass is 9.72. The lowest BCUT2D eigenvalue weighted by molar-refractivity contribution is -0.198. The normalized spacial score (nSPS) is 29.5. The van der Waals surface area contributed by atoms with Gasteiger partial charge in [0.15, 0.2) is 0 Å². The molecule has 1 heterocycles. The molecule has 3 atom stereocenters. The predicted octanol–water partition coefficient (Wildman–Crippen LogP) is 4.03. The minimum Gasteiger partial charge on any atom is -0.501 e. The van der Waals surface area contributed by atoms with E-state index in [1.54, 1.807) is 6.26 Å². The molecule has 0 aromatic carbocycles. The van der Waals surface area contributed by atoms with Crippen LogP contribution in [-0.4, -0.2) is 25.4 Å². The molecular weight excluding hydrogens is 267 g/mol. The molecule has 0 bridgehead atoms. The van der Waals surface area contributed by atoms with Gasteiger partial charge in [0.05, 0.1) is 18.8 Å². The van der Waals surface area contributed by atoms with Crippen molar-refractivity contribution in [3.05, 3.63) is 11.8 Å². The van der Waals surface area contributed by atoms with Gasteiger partial charge in [0.2, 0.25) is 0 Å². The number of hydrogen-bond acceptors (Lipinski definition) is 2. The number of nitrogens with one attached hydrogen (secondary N) is 1. The molecule has 0 amide bonds. The molecule has 2 nitrogen and oxygen atoms in total. The molecule has 0 radical (unpaired) electrons. The van der Waals surface area contributed by atoms with Gasteiger partial charge in [-0.25, -0.2) is 0 Å². The summed E-state index contributed by atoms with van der Waals surface area (Å²) < 4.78 is 45.2. The maximum atomic E-state index is 13.3. The van der Waals surface area contributed by atoms with Crippen molar-refractivity contribution < 1.29 is 17.9 Å². The van der Waals surface area contributed by atoms with Crippen LogP contribution in [-0.2, 0) is 4.74 Å². The van der Waals surface area contributed by atoms with Gasteiger partial charge in [0.1, 0.15) is 0 Å². The van der Waals surface area contributed by atoms with Gasteiger partial charge in [-0.1, -0.05) is 19.8 Å². The SMILES string of the molecule is CCNC(C1=COCCC1)C1CCCCC1C(F)(F)F. The van der Waals surface area contributed by atoms with E-state index < -0.39 is 12.1 Å². The van der Waals surface area contributed by atoms with Gasteiger partial charge in [-0.05, 0) is 43.7 Å². The minimum atomic E-state index is -4.09. The molecule has 5 heteroatoms. The van der Waals surface area contributed by atoms with Gasteiger partial charge < -0.3 is 10.1 Å². The third kappa shape index (κ3) is 3.68. The Balaban J connectivity index is 2.19. The molecule has 0 saturated heterocycles. The monoisotopic (exact) mass is 291 g/mol. The highest BCUT2D eigenvalue weighted by Gasteiger charge is 2.48. The molecule has 0 aromatic rings. The first-order valence-electron chi connectivity index (χ1n) is 7.64. The number of alkyl halides is 3. The summed E-state index contributed by atoms with van der Waals surface area (Å²) >= 11 is 0. The topological polar surface area (TPSA) is 21.3 Å². The first kappa shape index (κ1) is 15.7. The average Bonchev–Trinajstić information content (AvgIpc) is 2.45. The zero-order valence-corrected chi connectivity index (χ0v) is 12.0. The van der Waals surface area contributed by atoms with E-state index in [2.05, 4.69) is 5.32 Å². The van der Waals surface area contributed by atoms with Crippen molar-refractivity contribution in [2.24, 2.45) is 11.8 Å². The Morgan fingerprint density at radius 3 is 2.65 bits per heavy atom. The van der Waals surface area contributed by atoms with E-state index in [1.165, 1.54) is 0 Å². The van der Waals surface area contributed by atoms with Crippen molar-refractivity contribution in [3.63, 3.8) is 0 Å². The molecule has 0 aromatic heterocycles. The van der Waals surface area contributed by atoms with Gasteiger partial charge in [0, 0.05) is 6.04 Å². The van der Waals surface area contributed by atoms with E-state index in [0.717, 1.165) is 24.8 Å². The van der Waals surface area contributed by atoms with Crippen molar-refractivity contribution >= 4 is 0 Å². The van der Waals surface area contributed by atoms with Gasteiger partial charge in [-0.3, -0.25) is 0 Å². The Hall–Kier alpha value is -0.710. The molecule has 3 unspecified atom stereocenters. The standard InChI is InChI=1S/C15H24F3NO/c1-2-19-14(11-6-5-9-20-10-11)12-7-3-4-8-13(12)15(16,17)18/h10,12-14,19H,2-9H2,1H3. The van der Waals surface area contributed by atoms with Crippen LogP contribution in [0.25, 0.3) is 0 Å². The van der Waals surface area contributed by atoms with Crippen molar-refractivity contribution in [3.8, 4) is 0 Å². The average molecular weight is 291 g/mol. The Labute approximate surface area is 118 Å². The molecule has 1 fully saturated rings. The second kappa shape index (κ2) is 6.83. The van der Waals surface area contributed by atoms with Crippen LogP contribution in [0.4, 0.5) is 13.2 Å². The summed E-state index contributed by atoms with van der Waals surface area (Å²) in [7, 11) is 0. The molecule has 116 valence electrons. The molecule has 1 aliphatic carbocycles. The minimum absolute atomic E-state index is 0.188. The van der Waals surface area contributed by atoms with E-state index in [9.17, 15) is 13.2 Å². The summed E-state index contributed by atoms with van der Waals surface area (Å²) in [5.74, 6) is -1.53. The summed E-state index contributed by atoms with van der Waals surface area (Å²) in [5, 5.41) is 3.28. The number of hydrogen-bond donors (Lipinski definition) is 1. The lowest BCUT2D eigenvalue weighted by Gasteiger charge is -2.40. The highest BCUT2D eigenvalue weighted by atomic mass is 19.4. The van der Waals surface area contributed by atoms with Gasteiger partial charge in [-0.15, -0.1) is 0 Å². The largest absolute Gasteiger partial charge is 0.501 e. The Morgan fingerprint density at radius 2 is 2.05 bits per heavy atom. The van der Waals surface area contributed by atoms with E-state index in [0.29, 0.717) is 26.0 Å². The first-order valence-corrected chi connectivity index (χ1v) is 7.64. The van der Waals surface area contributed by atoms with E-state index in [-0.39, 0.29) is 18.4 Å². The molecule has 1 aliphatic heterocycles. The van der Waals surface area contributed by atoms with Crippen molar-refractivity contribution in [2.75, 3.05) is 13.2 Å². The third-order valence-electron chi connectivity index (χ3n) is 4.45. The summed E-state index contributed by atoms with van der Waals surface area (Å²) in [6.45, 7) is 3.31. The van der Waals surface area contributed by atoms with E-state index in [1.807, 2.05) is 6.92 Å². The quantitative estimate of drug-likeness (QED) is 0.844. The molecular formula is C15H24F3NO. The Bertz CT molecular complexity index is 341. The van der Waals surface area contributed by atoms with Crippen LogP contribution >= 0.6 is 0 Å². The zero-order valence-electron chi connectivity index (χ0n) is 12.0. The summed E-state index contributed by atoms with van der Waals surface area (Å²) in [5.41, 5.74) is 1.01. The predicted molar refractivity (Wildman–Crippen MR) is 72.2 cm³/mol. The van der Waals surface area contributed by atoms with Crippen LogP contribution in [0.15, 0.2) is 11.8 Å². The smallest absolute Gasteiger partial charge is 0.392 e. The van der Waals surface area contributed by atoms with Crippen LogP contribution in [0.2, 0.25) is 0 Å². The molecule has 2 aliphatic rings. The van der Waals surface area contributed by atoms with Crippen LogP contribution in [0.5, 0.6) is 0 Å². The maximum Gasteiger partial charge on any atom is 0.392 e. The van der Waals surface area contributed by atoms with Crippen molar-refractivity contribution in [1.82, 2.24) is 5.32 Å². The maximum absolute atomic E-state index is 13.3. The first-order chi connectivity index (χ1) is 9.54. The van der Waals surface area contributed by atoms with Gasteiger partial charge in [0.25, 0.3) is 0 Å². The van der Waals surface area contributed by atoms with E-state index >= 15 is 0 Å². The van der Waals surface area contributed by atoms with Crippen molar-refractivity contribution in [1.29, 1.82) is 0 Å². The molecule has 2 rings (SSSR count). The summed E-state index contributed by atoms with van der Waals surface area (Å²) in [6, 6.07) is -0.188. The number of ether oxygens (including phenoxy) is 1. The van der Waals surface area contributed by atoms with E-state index in [4.69, 9.17) is 4.74 Å². The van der Waals surface area contributed by atoms with Gasteiger partial charge >= 0.3 is 6.18 Å². The fraction of sp³-hybridized carbons (Fsp3) is 0.867. The second-order valence-corrected chi connectivity index (χ2v) is 5.80. The Kier molecular flexibility index (Phi) is 5.35. The lowest BCUT2D eigenvalue weighted by Crippen LogP contribution is -2.47. The number of halogens is 3. The summed E-state index contributed by atoms with van der Waals surface area (Å²) in [4.78, 5) is 0. The van der Waals surface area contributed by atoms with Crippen LogP contribution in [0, 0.1) is 11.8 Å². The van der Waals surface area contributed by atoms with Crippen molar-refractivity contribution in [2.45, 2.75) is 57.7 Å². The number of rotatable bonds is 4. The third-order valence-corrected chi connectivity index (χ3v) is 4.45. The number of likely N-dealkylation sites (N-methyl/N-ethyl adjacent to an activating group) is 1.